The minimum Gasteiger partial charge on any atom is -0.323 e. The van der Waals surface area contributed by atoms with Gasteiger partial charge < -0.3 is 4.90 Å². The van der Waals surface area contributed by atoms with Gasteiger partial charge in [-0.05, 0) is 23.8 Å². The average molecular weight is 365 g/mol. The first-order chi connectivity index (χ1) is 12.7. The van der Waals surface area contributed by atoms with E-state index in [0.29, 0.717) is 16.7 Å². The molecule has 132 valence electrons. The van der Waals surface area contributed by atoms with Crippen LogP contribution in [-0.2, 0) is 0 Å². The van der Waals surface area contributed by atoms with Gasteiger partial charge >= 0.3 is 6.03 Å². The first kappa shape index (κ1) is 15.7. The zero-order valence-corrected chi connectivity index (χ0v) is 15.1. The van der Waals surface area contributed by atoms with Gasteiger partial charge in [0.2, 0.25) is 0 Å². The Bertz CT molecular complexity index is 920. The van der Waals surface area contributed by atoms with Gasteiger partial charge in [-0.1, -0.05) is 48.1 Å². The molecule has 1 aliphatic carbocycles. The van der Waals surface area contributed by atoms with Crippen molar-refractivity contribution in [2.24, 2.45) is 5.41 Å². The van der Waals surface area contributed by atoms with E-state index in [2.05, 4.69) is 44.5 Å². The maximum absolute atomic E-state index is 12.8. The molecule has 1 saturated heterocycles. The van der Waals surface area contributed by atoms with E-state index in [1.165, 1.54) is 36.2 Å². The summed E-state index contributed by atoms with van der Waals surface area (Å²) in [5.41, 5.74) is 2.16. The number of hydrogen-bond acceptors (Lipinski definition) is 5. The van der Waals surface area contributed by atoms with Crippen LogP contribution in [-0.4, -0.2) is 39.0 Å². The Morgan fingerprint density at radius 2 is 2.00 bits per heavy atom. The summed E-state index contributed by atoms with van der Waals surface area (Å²) in [7, 11) is 0. The zero-order valence-electron chi connectivity index (χ0n) is 14.3. The van der Waals surface area contributed by atoms with Crippen molar-refractivity contribution in [3.8, 4) is 0 Å². The SMILES string of the molecule is O=C(Nc1nc2nccnc2s1)N1CC(c2ccccc2)C2(CCC2)C1. The fourth-order valence-electron chi connectivity index (χ4n) is 4.31. The van der Waals surface area contributed by atoms with Crippen molar-refractivity contribution in [2.75, 3.05) is 18.4 Å². The molecule has 1 aliphatic heterocycles. The molecule has 1 saturated carbocycles. The van der Waals surface area contributed by atoms with Crippen molar-refractivity contribution in [1.82, 2.24) is 19.9 Å². The van der Waals surface area contributed by atoms with E-state index < -0.39 is 0 Å². The van der Waals surface area contributed by atoms with E-state index in [4.69, 9.17) is 0 Å². The highest BCUT2D eigenvalue weighted by molar-refractivity contribution is 7.21. The van der Waals surface area contributed by atoms with Crippen LogP contribution in [0.3, 0.4) is 0 Å². The van der Waals surface area contributed by atoms with Gasteiger partial charge in [0.1, 0.15) is 0 Å². The van der Waals surface area contributed by atoms with E-state index in [-0.39, 0.29) is 11.4 Å². The zero-order chi connectivity index (χ0) is 17.6. The number of carbonyl (C=O) groups excluding carboxylic acids is 1. The second-order valence-corrected chi connectivity index (χ2v) is 8.17. The molecule has 2 aliphatic rings. The number of aromatic nitrogens is 3. The third-order valence-electron chi connectivity index (χ3n) is 5.75. The number of hydrogen-bond donors (Lipinski definition) is 1. The lowest BCUT2D eigenvalue weighted by Crippen LogP contribution is -2.39. The van der Waals surface area contributed by atoms with E-state index in [9.17, 15) is 4.79 Å². The van der Waals surface area contributed by atoms with E-state index in [0.717, 1.165) is 17.9 Å². The lowest BCUT2D eigenvalue weighted by atomic mass is 9.61. The van der Waals surface area contributed by atoms with Crippen molar-refractivity contribution in [2.45, 2.75) is 25.2 Å². The molecule has 1 unspecified atom stereocenters. The van der Waals surface area contributed by atoms with Crippen LogP contribution in [0, 0.1) is 5.41 Å². The Morgan fingerprint density at radius 3 is 2.73 bits per heavy atom. The number of fused-ring (bicyclic) bond motifs is 1. The maximum atomic E-state index is 12.8. The summed E-state index contributed by atoms with van der Waals surface area (Å²) in [5, 5.41) is 3.50. The third kappa shape index (κ3) is 2.54. The van der Waals surface area contributed by atoms with Gasteiger partial charge in [-0.15, -0.1) is 0 Å². The number of nitrogens with one attached hydrogen (secondary N) is 1. The first-order valence-corrected chi connectivity index (χ1v) is 9.74. The lowest BCUT2D eigenvalue weighted by molar-refractivity contribution is 0.125. The summed E-state index contributed by atoms with van der Waals surface area (Å²) in [6.45, 7) is 1.58. The molecule has 0 bridgehead atoms. The minimum absolute atomic E-state index is 0.0752. The molecule has 3 heterocycles. The summed E-state index contributed by atoms with van der Waals surface area (Å²) in [6, 6.07) is 10.5. The van der Waals surface area contributed by atoms with Crippen LogP contribution in [0.15, 0.2) is 42.7 Å². The Hall–Kier alpha value is -2.54. The Kier molecular flexibility index (Phi) is 3.63. The van der Waals surface area contributed by atoms with E-state index in [1.54, 1.807) is 12.4 Å². The number of anilines is 1. The molecule has 1 spiro atoms. The van der Waals surface area contributed by atoms with E-state index >= 15 is 0 Å². The largest absolute Gasteiger partial charge is 0.323 e. The minimum atomic E-state index is -0.0752. The smallest absolute Gasteiger partial charge is 0.323 e. The van der Waals surface area contributed by atoms with Crippen LogP contribution in [0.1, 0.15) is 30.7 Å². The van der Waals surface area contributed by atoms with Gasteiger partial charge in [-0.2, -0.15) is 4.98 Å². The van der Waals surface area contributed by atoms with Gasteiger partial charge in [0.05, 0.1) is 0 Å². The highest BCUT2D eigenvalue weighted by atomic mass is 32.1. The van der Waals surface area contributed by atoms with Gasteiger partial charge in [-0.3, -0.25) is 5.32 Å². The fourth-order valence-corrected chi connectivity index (χ4v) is 5.06. The molecule has 5 rings (SSSR count). The predicted octanol–water partition coefficient (Wildman–Crippen LogP) is 3.89. The van der Waals surface area contributed by atoms with Gasteiger partial charge in [0, 0.05) is 31.4 Å². The van der Waals surface area contributed by atoms with Crippen LogP contribution < -0.4 is 5.32 Å². The molecule has 2 amide bonds. The summed E-state index contributed by atoms with van der Waals surface area (Å²) >= 11 is 1.36. The average Bonchev–Trinajstić information content (AvgIpc) is 3.23. The van der Waals surface area contributed by atoms with Crippen molar-refractivity contribution in [1.29, 1.82) is 0 Å². The monoisotopic (exact) mass is 365 g/mol. The molecule has 26 heavy (non-hydrogen) atoms. The quantitative estimate of drug-likeness (QED) is 0.748. The number of urea groups is 1. The highest BCUT2D eigenvalue weighted by Crippen LogP contribution is 2.55. The summed E-state index contributed by atoms with van der Waals surface area (Å²) < 4.78 is 0. The molecule has 0 radical (unpaired) electrons. The number of carbonyl (C=O) groups is 1. The maximum Gasteiger partial charge on any atom is 0.323 e. The molecule has 7 heteroatoms. The van der Waals surface area contributed by atoms with Crippen LogP contribution in [0.4, 0.5) is 9.93 Å². The number of nitrogens with zero attached hydrogens (tertiary/aromatic N) is 4. The fraction of sp³-hybridized carbons (Fsp3) is 0.368. The van der Waals surface area contributed by atoms with Crippen molar-refractivity contribution in [3.05, 3.63) is 48.3 Å². The second-order valence-electron chi connectivity index (χ2n) is 7.19. The first-order valence-electron chi connectivity index (χ1n) is 8.92. The summed E-state index contributed by atoms with van der Waals surface area (Å²) in [5.74, 6) is 0.418. The molecule has 2 aromatic heterocycles. The van der Waals surface area contributed by atoms with Crippen LogP contribution in [0.5, 0.6) is 0 Å². The number of rotatable bonds is 2. The van der Waals surface area contributed by atoms with Crippen LogP contribution in [0.2, 0.25) is 0 Å². The summed E-state index contributed by atoms with van der Waals surface area (Å²) in [4.78, 5) is 28.3. The Balaban J connectivity index is 1.36. The van der Waals surface area contributed by atoms with Crippen molar-refractivity contribution >= 4 is 33.0 Å². The molecule has 1 N–H and O–H groups in total. The molecule has 3 aromatic rings. The van der Waals surface area contributed by atoms with E-state index in [1.807, 2.05) is 11.0 Å². The van der Waals surface area contributed by atoms with Crippen LogP contribution in [0.25, 0.3) is 10.5 Å². The second kappa shape index (κ2) is 6.02. The molecule has 6 nitrogen and oxygen atoms in total. The molecule has 1 atom stereocenters. The lowest BCUT2D eigenvalue weighted by Gasteiger charge is -2.42. The molecular weight excluding hydrogens is 346 g/mol. The molecule has 2 fully saturated rings. The number of likely N-dealkylation sites (tertiary alicyclic amines) is 1. The highest BCUT2D eigenvalue weighted by Gasteiger charge is 2.51. The van der Waals surface area contributed by atoms with Crippen molar-refractivity contribution < 1.29 is 4.79 Å². The Labute approximate surface area is 155 Å². The number of thiazole rings is 1. The Morgan fingerprint density at radius 1 is 1.19 bits per heavy atom. The van der Waals surface area contributed by atoms with Gasteiger partial charge in [-0.25, -0.2) is 14.8 Å². The van der Waals surface area contributed by atoms with Crippen LogP contribution >= 0.6 is 11.3 Å². The van der Waals surface area contributed by atoms with Gasteiger partial charge in [0.15, 0.2) is 15.6 Å². The predicted molar refractivity (Wildman–Crippen MR) is 101 cm³/mol. The van der Waals surface area contributed by atoms with Gasteiger partial charge in [0.25, 0.3) is 0 Å². The molecular formula is C19H19N5OS. The van der Waals surface area contributed by atoms with Crippen molar-refractivity contribution in [3.63, 3.8) is 0 Å². The number of benzene rings is 1. The third-order valence-corrected chi connectivity index (χ3v) is 6.62. The number of amides is 2. The molecule has 1 aromatic carbocycles. The topological polar surface area (TPSA) is 71.0 Å². The normalized spacial score (nSPS) is 21.1. The standard InChI is InChI=1S/C19H19N5OS/c25-18(23-17-22-15-16(26-17)21-10-9-20-15)24-11-14(13-5-2-1-3-6-13)19(12-24)7-4-8-19/h1-3,5-6,9-10,14H,4,7-8,11-12H2,(H,20,22,23,25). The summed E-state index contributed by atoms with van der Waals surface area (Å²) in [6.07, 6.45) is 6.90.